The Morgan fingerprint density at radius 2 is 1.54 bits per heavy atom. The van der Waals surface area contributed by atoms with E-state index in [0.29, 0.717) is 10.8 Å². The first-order chi connectivity index (χ1) is 5.83. The SMILES string of the molecule is CC1CCC(C)(C)CCCC1(C)C. The van der Waals surface area contributed by atoms with Gasteiger partial charge >= 0.3 is 0 Å². The average Bonchev–Trinajstić information content (AvgIpc) is 1.98. The molecule has 0 bridgehead atoms. The maximum atomic E-state index is 2.44. The van der Waals surface area contributed by atoms with Crippen molar-refractivity contribution in [3.8, 4) is 0 Å². The minimum Gasteiger partial charge on any atom is -0.0620 e. The quantitative estimate of drug-likeness (QED) is 0.512. The fourth-order valence-corrected chi connectivity index (χ4v) is 2.39. The standard InChI is InChI=1S/C13H26/c1-11-7-10-12(2,3)8-6-9-13(11,4)5/h11H,6-10H2,1-5H3. The van der Waals surface area contributed by atoms with E-state index in [0.717, 1.165) is 5.92 Å². The molecule has 1 saturated carbocycles. The van der Waals surface area contributed by atoms with Gasteiger partial charge in [0.05, 0.1) is 0 Å². The molecule has 0 spiro atoms. The average molecular weight is 182 g/mol. The predicted molar refractivity (Wildman–Crippen MR) is 59.8 cm³/mol. The lowest BCUT2D eigenvalue weighted by molar-refractivity contribution is 0.130. The largest absolute Gasteiger partial charge is 0.0620 e. The molecule has 0 heterocycles. The summed E-state index contributed by atoms with van der Waals surface area (Å²) >= 11 is 0. The van der Waals surface area contributed by atoms with Gasteiger partial charge in [0.25, 0.3) is 0 Å². The van der Waals surface area contributed by atoms with Crippen LogP contribution in [0, 0.1) is 16.7 Å². The van der Waals surface area contributed by atoms with E-state index in [9.17, 15) is 0 Å². The number of rotatable bonds is 0. The molecule has 78 valence electrons. The van der Waals surface area contributed by atoms with Gasteiger partial charge in [-0.3, -0.25) is 0 Å². The van der Waals surface area contributed by atoms with Gasteiger partial charge in [0.15, 0.2) is 0 Å². The predicted octanol–water partition coefficient (Wildman–Crippen LogP) is 4.64. The summed E-state index contributed by atoms with van der Waals surface area (Å²) in [6.07, 6.45) is 7.09. The van der Waals surface area contributed by atoms with Crippen LogP contribution in [0.5, 0.6) is 0 Å². The van der Waals surface area contributed by atoms with E-state index in [1.165, 1.54) is 32.1 Å². The fourth-order valence-electron chi connectivity index (χ4n) is 2.39. The maximum absolute atomic E-state index is 2.44. The molecule has 1 atom stereocenters. The Hall–Kier alpha value is 0. The van der Waals surface area contributed by atoms with Crippen LogP contribution < -0.4 is 0 Å². The van der Waals surface area contributed by atoms with Gasteiger partial charge in [-0.2, -0.15) is 0 Å². The van der Waals surface area contributed by atoms with E-state index in [1.807, 2.05) is 0 Å². The van der Waals surface area contributed by atoms with Crippen LogP contribution in [0.25, 0.3) is 0 Å². The molecule has 1 aliphatic rings. The smallest absolute Gasteiger partial charge is 0.0329 e. The van der Waals surface area contributed by atoms with Crippen LogP contribution in [0.3, 0.4) is 0 Å². The van der Waals surface area contributed by atoms with Gasteiger partial charge in [-0.15, -0.1) is 0 Å². The molecule has 0 radical (unpaired) electrons. The zero-order chi connectivity index (χ0) is 10.1. The molecule has 0 N–H and O–H groups in total. The highest BCUT2D eigenvalue weighted by atomic mass is 14.4. The van der Waals surface area contributed by atoms with Gasteiger partial charge in [0.2, 0.25) is 0 Å². The lowest BCUT2D eigenvalue weighted by Gasteiger charge is -2.38. The number of hydrogen-bond donors (Lipinski definition) is 0. The second-order valence-electron chi connectivity index (χ2n) is 6.45. The van der Waals surface area contributed by atoms with Gasteiger partial charge in [-0.05, 0) is 42.4 Å². The van der Waals surface area contributed by atoms with Crippen LogP contribution in [0.1, 0.15) is 66.7 Å². The molecule has 0 heteroatoms. The summed E-state index contributed by atoms with van der Waals surface area (Å²) in [5, 5.41) is 0. The molecule has 0 amide bonds. The van der Waals surface area contributed by atoms with Crippen molar-refractivity contribution in [3.05, 3.63) is 0 Å². The van der Waals surface area contributed by atoms with Crippen molar-refractivity contribution in [2.75, 3.05) is 0 Å². The molecule has 0 saturated heterocycles. The van der Waals surface area contributed by atoms with Crippen molar-refractivity contribution in [1.29, 1.82) is 0 Å². The zero-order valence-electron chi connectivity index (χ0n) is 10.1. The number of hydrogen-bond acceptors (Lipinski definition) is 0. The highest BCUT2D eigenvalue weighted by molar-refractivity contribution is 4.82. The van der Waals surface area contributed by atoms with Crippen LogP contribution >= 0.6 is 0 Å². The maximum Gasteiger partial charge on any atom is -0.0329 e. The Morgan fingerprint density at radius 1 is 0.923 bits per heavy atom. The minimum atomic E-state index is 0.580. The van der Waals surface area contributed by atoms with E-state index in [2.05, 4.69) is 34.6 Å². The highest BCUT2D eigenvalue weighted by Crippen LogP contribution is 2.42. The van der Waals surface area contributed by atoms with E-state index < -0.39 is 0 Å². The Bertz CT molecular complexity index is 165. The molecule has 1 unspecified atom stereocenters. The van der Waals surface area contributed by atoms with E-state index >= 15 is 0 Å². The van der Waals surface area contributed by atoms with Crippen molar-refractivity contribution in [2.45, 2.75) is 66.7 Å². The summed E-state index contributed by atoms with van der Waals surface area (Å²) in [7, 11) is 0. The normalized spacial score (nSPS) is 33.5. The summed E-state index contributed by atoms with van der Waals surface area (Å²) in [5.74, 6) is 0.895. The molecule has 0 aliphatic heterocycles. The third-order valence-electron chi connectivity index (χ3n) is 4.26. The Balaban J connectivity index is 2.59. The second-order valence-corrected chi connectivity index (χ2v) is 6.45. The first-order valence-electron chi connectivity index (χ1n) is 5.83. The van der Waals surface area contributed by atoms with Crippen molar-refractivity contribution < 1.29 is 0 Å². The van der Waals surface area contributed by atoms with Gasteiger partial charge < -0.3 is 0 Å². The first-order valence-corrected chi connectivity index (χ1v) is 5.83. The van der Waals surface area contributed by atoms with Gasteiger partial charge in [0.1, 0.15) is 0 Å². The Morgan fingerprint density at radius 3 is 2.15 bits per heavy atom. The first kappa shape index (κ1) is 11.1. The molecule has 0 nitrogen and oxygen atoms in total. The highest BCUT2D eigenvalue weighted by Gasteiger charge is 2.30. The van der Waals surface area contributed by atoms with E-state index in [4.69, 9.17) is 0 Å². The summed E-state index contributed by atoms with van der Waals surface area (Å²) < 4.78 is 0. The second kappa shape index (κ2) is 3.63. The van der Waals surface area contributed by atoms with Crippen molar-refractivity contribution in [1.82, 2.24) is 0 Å². The molecule has 0 aromatic carbocycles. The molecule has 1 rings (SSSR count). The molecule has 1 fully saturated rings. The fraction of sp³-hybridized carbons (Fsp3) is 1.00. The van der Waals surface area contributed by atoms with Crippen LogP contribution in [0.15, 0.2) is 0 Å². The summed E-state index contributed by atoms with van der Waals surface area (Å²) in [4.78, 5) is 0. The van der Waals surface area contributed by atoms with Crippen LogP contribution in [0.4, 0.5) is 0 Å². The van der Waals surface area contributed by atoms with E-state index in [-0.39, 0.29) is 0 Å². The van der Waals surface area contributed by atoms with Gasteiger partial charge in [-0.25, -0.2) is 0 Å². The van der Waals surface area contributed by atoms with Crippen molar-refractivity contribution in [2.24, 2.45) is 16.7 Å². The molecule has 0 aromatic heterocycles. The molecule has 0 aromatic rings. The van der Waals surface area contributed by atoms with Crippen molar-refractivity contribution in [3.63, 3.8) is 0 Å². The van der Waals surface area contributed by atoms with Crippen LogP contribution in [0.2, 0.25) is 0 Å². The summed E-state index contributed by atoms with van der Waals surface area (Å²) in [6, 6.07) is 0. The van der Waals surface area contributed by atoms with Gasteiger partial charge in [-0.1, -0.05) is 41.0 Å². The molecule has 1 aliphatic carbocycles. The topological polar surface area (TPSA) is 0 Å². The Labute approximate surface area is 84.1 Å². The monoisotopic (exact) mass is 182 g/mol. The molecule has 13 heavy (non-hydrogen) atoms. The zero-order valence-corrected chi connectivity index (χ0v) is 10.1. The summed E-state index contributed by atoms with van der Waals surface area (Å²) in [6.45, 7) is 12.2. The van der Waals surface area contributed by atoms with Crippen molar-refractivity contribution >= 4 is 0 Å². The third kappa shape index (κ3) is 3.00. The Kier molecular flexibility index (Phi) is 3.09. The third-order valence-corrected chi connectivity index (χ3v) is 4.26. The minimum absolute atomic E-state index is 0.580. The van der Waals surface area contributed by atoms with E-state index in [1.54, 1.807) is 0 Å². The molecular weight excluding hydrogens is 156 g/mol. The lowest BCUT2D eigenvalue weighted by Crippen LogP contribution is -2.27. The molecular formula is C13H26. The van der Waals surface area contributed by atoms with Crippen LogP contribution in [-0.2, 0) is 0 Å². The lowest BCUT2D eigenvalue weighted by atomic mass is 9.67. The summed E-state index contributed by atoms with van der Waals surface area (Å²) in [5.41, 5.74) is 1.18. The van der Waals surface area contributed by atoms with Crippen LogP contribution in [-0.4, -0.2) is 0 Å². The van der Waals surface area contributed by atoms with Gasteiger partial charge in [0, 0.05) is 0 Å².